The van der Waals surface area contributed by atoms with Gasteiger partial charge >= 0.3 is 12.1 Å². The minimum absolute atomic E-state index is 0.385. The zero-order valence-corrected chi connectivity index (χ0v) is 6.17. The van der Waals surface area contributed by atoms with Gasteiger partial charge in [0, 0.05) is 0 Å². The van der Waals surface area contributed by atoms with Gasteiger partial charge in [-0.1, -0.05) is 0 Å². The SMILES string of the molecule is O=C(O)c1[c]n(CC(F)(F)F)nc1. The molecule has 71 valence electrons. The number of aromatic nitrogens is 2. The van der Waals surface area contributed by atoms with Gasteiger partial charge < -0.3 is 5.11 Å². The summed E-state index contributed by atoms with van der Waals surface area (Å²) in [6.45, 7) is -1.33. The summed E-state index contributed by atoms with van der Waals surface area (Å²) in [5, 5.41) is 11.5. The largest absolute Gasteiger partial charge is 0.478 e. The van der Waals surface area contributed by atoms with Crippen molar-refractivity contribution in [2.75, 3.05) is 0 Å². The van der Waals surface area contributed by atoms with Crippen LogP contribution in [-0.4, -0.2) is 27.0 Å². The fourth-order valence-electron chi connectivity index (χ4n) is 0.677. The molecule has 7 heteroatoms. The number of halogens is 3. The van der Waals surface area contributed by atoms with Gasteiger partial charge in [0.1, 0.15) is 18.3 Å². The van der Waals surface area contributed by atoms with Gasteiger partial charge in [-0.05, 0) is 0 Å². The third-order valence-corrected chi connectivity index (χ3v) is 1.14. The number of carboxylic acid groups (broad SMARTS) is 1. The van der Waals surface area contributed by atoms with Crippen molar-refractivity contribution in [2.24, 2.45) is 0 Å². The first-order chi connectivity index (χ1) is 5.88. The highest BCUT2D eigenvalue weighted by molar-refractivity contribution is 5.86. The molecule has 0 unspecified atom stereocenters. The third kappa shape index (κ3) is 2.77. The molecular formula is C6H4F3N2O2. The molecule has 0 aliphatic rings. The van der Waals surface area contributed by atoms with Gasteiger partial charge in [0.05, 0.1) is 6.20 Å². The zero-order chi connectivity index (χ0) is 10.1. The molecule has 1 rings (SSSR count). The Morgan fingerprint density at radius 3 is 2.69 bits per heavy atom. The molecule has 1 aromatic heterocycles. The third-order valence-electron chi connectivity index (χ3n) is 1.14. The van der Waals surface area contributed by atoms with E-state index in [1.165, 1.54) is 0 Å². The van der Waals surface area contributed by atoms with E-state index in [-0.39, 0.29) is 5.56 Å². The van der Waals surface area contributed by atoms with E-state index in [9.17, 15) is 18.0 Å². The number of carboxylic acids is 1. The molecule has 0 aromatic carbocycles. The number of nitrogens with zero attached hydrogens (tertiary/aromatic N) is 2. The van der Waals surface area contributed by atoms with Crippen LogP contribution in [0.5, 0.6) is 0 Å². The van der Waals surface area contributed by atoms with Crippen LogP contribution in [0.25, 0.3) is 0 Å². The predicted molar refractivity (Wildman–Crippen MR) is 34.1 cm³/mol. The average Bonchev–Trinajstić information content (AvgIpc) is 2.31. The Labute approximate surface area is 70.6 Å². The second-order valence-electron chi connectivity index (χ2n) is 2.25. The van der Waals surface area contributed by atoms with Gasteiger partial charge in [0.2, 0.25) is 0 Å². The lowest BCUT2D eigenvalue weighted by Crippen LogP contribution is -2.18. The number of carbonyl (C=O) groups is 1. The smallest absolute Gasteiger partial charge is 0.408 e. The first-order valence-electron chi connectivity index (χ1n) is 3.13. The molecule has 0 fully saturated rings. The van der Waals surface area contributed by atoms with Crippen molar-refractivity contribution < 1.29 is 23.1 Å². The maximum absolute atomic E-state index is 11.7. The molecule has 0 saturated carbocycles. The number of hydrogen-bond acceptors (Lipinski definition) is 2. The number of aromatic carboxylic acids is 1. The second kappa shape index (κ2) is 3.08. The van der Waals surface area contributed by atoms with Crippen LogP contribution in [0.1, 0.15) is 10.4 Å². The summed E-state index contributed by atoms with van der Waals surface area (Å²) in [5.41, 5.74) is -0.385. The summed E-state index contributed by atoms with van der Waals surface area (Å²) >= 11 is 0. The maximum Gasteiger partial charge on any atom is 0.408 e. The fourth-order valence-corrected chi connectivity index (χ4v) is 0.677. The lowest BCUT2D eigenvalue weighted by Gasteiger charge is -2.04. The molecule has 0 amide bonds. The molecule has 1 heterocycles. The summed E-state index contributed by atoms with van der Waals surface area (Å²) in [4.78, 5) is 10.2. The molecule has 4 nitrogen and oxygen atoms in total. The number of hydrogen-bond donors (Lipinski definition) is 1. The molecule has 1 aromatic rings. The highest BCUT2D eigenvalue weighted by atomic mass is 19.4. The van der Waals surface area contributed by atoms with Crippen molar-refractivity contribution in [3.05, 3.63) is 18.0 Å². The number of alkyl halides is 3. The van der Waals surface area contributed by atoms with Gasteiger partial charge in [-0.15, -0.1) is 0 Å². The van der Waals surface area contributed by atoms with E-state index in [4.69, 9.17) is 5.11 Å². The van der Waals surface area contributed by atoms with E-state index in [1.807, 2.05) is 6.20 Å². The van der Waals surface area contributed by atoms with Crippen molar-refractivity contribution in [1.29, 1.82) is 0 Å². The van der Waals surface area contributed by atoms with Crippen LogP contribution in [0, 0.1) is 6.20 Å². The van der Waals surface area contributed by atoms with E-state index in [0.29, 0.717) is 4.68 Å². The molecule has 0 atom stereocenters. The first kappa shape index (κ1) is 9.56. The molecule has 0 spiro atoms. The normalized spacial score (nSPS) is 11.6. The van der Waals surface area contributed by atoms with Crippen molar-refractivity contribution in [2.45, 2.75) is 12.7 Å². The average molecular weight is 193 g/mol. The zero-order valence-electron chi connectivity index (χ0n) is 6.17. The standard InChI is InChI=1S/C6H4F3N2O2/c7-6(8,9)3-11-2-4(1-10-11)5(12)13/h1H,3H2,(H,12,13). The highest BCUT2D eigenvalue weighted by Gasteiger charge is 2.28. The van der Waals surface area contributed by atoms with Crippen LogP contribution in [-0.2, 0) is 6.54 Å². The lowest BCUT2D eigenvalue weighted by molar-refractivity contribution is -0.142. The molecule has 0 aliphatic heterocycles. The van der Waals surface area contributed by atoms with Crippen LogP contribution in [0.3, 0.4) is 0 Å². The van der Waals surface area contributed by atoms with Crippen LogP contribution >= 0.6 is 0 Å². The van der Waals surface area contributed by atoms with Crippen molar-refractivity contribution in [3.63, 3.8) is 0 Å². The van der Waals surface area contributed by atoms with Crippen LogP contribution in [0.4, 0.5) is 13.2 Å². The monoisotopic (exact) mass is 193 g/mol. The Balaban J connectivity index is 2.75. The van der Waals surface area contributed by atoms with Gasteiger partial charge in [-0.3, -0.25) is 4.68 Å². The Hall–Kier alpha value is -1.53. The minimum Gasteiger partial charge on any atom is -0.478 e. The van der Waals surface area contributed by atoms with E-state index >= 15 is 0 Å². The molecule has 1 N–H and O–H groups in total. The quantitative estimate of drug-likeness (QED) is 0.760. The topological polar surface area (TPSA) is 55.1 Å². The minimum atomic E-state index is -4.42. The first-order valence-corrected chi connectivity index (χ1v) is 3.13. The van der Waals surface area contributed by atoms with Crippen LogP contribution in [0.2, 0.25) is 0 Å². The van der Waals surface area contributed by atoms with E-state index in [0.717, 1.165) is 6.20 Å². The molecule has 0 saturated heterocycles. The maximum atomic E-state index is 11.7. The Bertz CT molecular complexity index is 318. The van der Waals surface area contributed by atoms with Gasteiger partial charge in [-0.2, -0.15) is 18.3 Å². The van der Waals surface area contributed by atoms with E-state index in [2.05, 4.69) is 5.10 Å². The summed E-state index contributed by atoms with van der Waals surface area (Å²) in [6.07, 6.45) is -1.65. The van der Waals surface area contributed by atoms with Gasteiger partial charge in [-0.25, -0.2) is 4.79 Å². The van der Waals surface area contributed by atoms with E-state index in [1.54, 1.807) is 0 Å². The van der Waals surface area contributed by atoms with Gasteiger partial charge in [0.15, 0.2) is 0 Å². The summed E-state index contributed by atoms with van der Waals surface area (Å²) in [5.74, 6) is -1.35. The molecule has 1 radical (unpaired) electrons. The molecule has 0 bridgehead atoms. The van der Waals surface area contributed by atoms with Crippen LogP contribution in [0.15, 0.2) is 6.20 Å². The van der Waals surface area contributed by atoms with E-state index < -0.39 is 18.7 Å². The fraction of sp³-hybridized carbons (Fsp3) is 0.333. The van der Waals surface area contributed by atoms with Crippen molar-refractivity contribution >= 4 is 5.97 Å². The molecule has 0 aliphatic carbocycles. The number of rotatable bonds is 2. The molecular weight excluding hydrogens is 189 g/mol. The highest BCUT2D eigenvalue weighted by Crippen LogP contribution is 2.16. The summed E-state index contributed by atoms with van der Waals surface area (Å²) < 4.78 is 35.6. The Morgan fingerprint density at radius 2 is 2.31 bits per heavy atom. The van der Waals surface area contributed by atoms with Gasteiger partial charge in [0.25, 0.3) is 0 Å². The summed E-state index contributed by atoms with van der Waals surface area (Å²) in [6, 6.07) is 0. The predicted octanol–water partition coefficient (Wildman–Crippen LogP) is 0.944. The molecule has 13 heavy (non-hydrogen) atoms. The Morgan fingerprint density at radius 1 is 1.69 bits per heavy atom. The Kier molecular flexibility index (Phi) is 2.26. The summed E-state index contributed by atoms with van der Waals surface area (Å²) in [7, 11) is 0. The van der Waals surface area contributed by atoms with Crippen molar-refractivity contribution in [1.82, 2.24) is 9.78 Å². The second-order valence-corrected chi connectivity index (χ2v) is 2.25. The van der Waals surface area contributed by atoms with Crippen molar-refractivity contribution in [3.8, 4) is 0 Å². The lowest BCUT2D eigenvalue weighted by atomic mass is 10.4. The van der Waals surface area contributed by atoms with Crippen LogP contribution < -0.4 is 0 Å².